The van der Waals surface area contributed by atoms with E-state index in [0.29, 0.717) is 5.91 Å². The lowest BCUT2D eigenvalue weighted by molar-refractivity contribution is -0.136. The van der Waals surface area contributed by atoms with Crippen LogP contribution in [0.3, 0.4) is 0 Å². The zero-order valence-corrected chi connectivity index (χ0v) is 13.1. The van der Waals surface area contributed by atoms with E-state index in [-0.39, 0.29) is 5.41 Å². The number of hydrogen-bond donors (Lipinski definition) is 0. The summed E-state index contributed by atoms with van der Waals surface area (Å²) in [6.07, 6.45) is 6.77. The van der Waals surface area contributed by atoms with Gasteiger partial charge >= 0.3 is 0 Å². The van der Waals surface area contributed by atoms with Crippen molar-refractivity contribution in [1.82, 2.24) is 4.90 Å². The van der Waals surface area contributed by atoms with Gasteiger partial charge in [-0.05, 0) is 42.9 Å². The number of ether oxygens (including phenoxy) is 1. The van der Waals surface area contributed by atoms with E-state index in [1.54, 1.807) is 7.11 Å². The molecule has 1 aliphatic heterocycles. The fraction of sp³-hybridized carbons (Fsp3) is 0.611. The highest BCUT2D eigenvalue weighted by molar-refractivity contribution is 5.88. The number of rotatable bonds is 4. The molecule has 1 aliphatic carbocycles. The minimum Gasteiger partial charge on any atom is -0.497 e. The van der Waals surface area contributed by atoms with E-state index in [1.165, 1.54) is 12.8 Å². The molecule has 3 rings (SSSR count). The first-order valence-electron chi connectivity index (χ1n) is 8.06. The zero-order chi connectivity index (χ0) is 14.9. The first-order chi connectivity index (χ1) is 10.2. The van der Waals surface area contributed by atoms with Crippen LogP contribution in [-0.2, 0) is 10.2 Å². The Morgan fingerprint density at radius 2 is 2.14 bits per heavy atom. The van der Waals surface area contributed by atoms with E-state index >= 15 is 0 Å². The highest BCUT2D eigenvalue weighted by Gasteiger charge is 2.46. The molecule has 3 nitrogen and oxygen atoms in total. The number of hydrogen-bond acceptors (Lipinski definition) is 2. The molecule has 1 saturated heterocycles. The third-order valence-electron chi connectivity index (χ3n) is 5.06. The fourth-order valence-electron chi connectivity index (χ4n) is 3.66. The van der Waals surface area contributed by atoms with E-state index in [2.05, 4.69) is 12.1 Å². The number of carbonyl (C=O) groups excluding carboxylic acids is 1. The molecule has 2 fully saturated rings. The van der Waals surface area contributed by atoms with Crippen LogP contribution in [0.25, 0.3) is 0 Å². The molecular formula is C18H25NO2. The van der Waals surface area contributed by atoms with Crippen LogP contribution in [0.1, 0.15) is 44.1 Å². The Labute approximate surface area is 127 Å². The van der Waals surface area contributed by atoms with Crippen molar-refractivity contribution in [2.45, 2.75) is 43.9 Å². The third-order valence-corrected chi connectivity index (χ3v) is 5.06. The van der Waals surface area contributed by atoms with E-state index < -0.39 is 0 Å². The van der Waals surface area contributed by atoms with Crippen molar-refractivity contribution >= 4 is 5.91 Å². The topological polar surface area (TPSA) is 29.5 Å². The quantitative estimate of drug-likeness (QED) is 0.849. The Kier molecular flexibility index (Phi) is 3.92. The monoisotopic (exact) mass is 287 g/mol. The molecule has 21 heavy (non-hydrogen) atoms. The van der Waals surface area contributed by atoms with E-state index in [1.807, 2.05) is 24.1 Å². The lowest BCUT2D eigenvalue weighted by atomic mass is 9.72. The fourth-order valence-corrected chi connectivity index (χ4v) is 3.66. The number of likely N-dealkylation sites (N-methyl/N-ethyl adjacent to an activating group) is 1. The summed E-state index contributed by atoms with van der Waals surface area (Å²) in [7, 11) is 3.64. The van der Waals surface area contributed by atoms with Crippen molar-refractivity contribution in [2.75, 3.05) is 20.7 Å². The SMILES string of the molecule is COc1cccc([C@@]2(CC3CC3)CCCCN(C)C2=O)c1. The minimum absolute atomic E-state index is 0.306. The third kappa shape index (κ3) is 2.78. The Hall–Kier alpha value is -1.51. The average molecular weight is 287 g/mol. The molecule has 3 heteroatoms. The van der Waals surface area contributed by atoms with Crippen LogP contribution in [0.4, 0.5) is 0 Å². The zero-order valence-electron chi connectivity index (χ0n) is 13.1. The van der Waals surface area contributed by atoms with Crippen LogP contribution in [0.2, 0.25) is 0 Å². The summed E-state index contributed by atoms with van der Waals surface area (Å²) in [5.74, 6) is 1.88. The van der Waals surface area contributed by atoms with Gasteiger partial charge in [-0.1, -0.05) is 31.4 Å². The van der Waals surface area contributed by atoms with Crippen molar-refractivity contribution in [2.24, 2.45) is 5.92 Å². The smallest absolute Gasteiger partial charge is 0.232 e. The van der Waals surface area contributed by atoms with Crippen molar-refractivity contribution in [3.05, 3.63) is 29.8 Å². The summed E-state index contributed by atoms with van der Waals surface area (Å²) >= 11 is 0. The van der Waals surface area contributed by atoms with Gasteiger partial charge in [0.25, 0.3) is 0 Å². The van der Waals surface area contributed by atoms with Crippen LogP contribution in [-0.4, -0.2) is 31.5 Å². The average Bonchev–Trinajstić information content (AvgIpc) is 3.33. The maximum absolute atomic E-state index is 13.1. The summed E-state index contributed by atoms with van der Waals surface area (Å²) < 4.78 is 5.38. The Bertz CT molecular complexity index is 524. The first-order valence-corrected chi connectivity index (χ1v) is 8.06. The second-order valence-corrected chi connectivity index (χ2v) is 6.65. The van der Waals surface area contributed by atoms with Gasteiger partial charge in [-0.3, -0.25) is 4.79 Å². The lowest BCUT2D eigenvalue weighted by Gasteiger charge is -2.34. The van der Waals surface area contributed by atoms with Gasteiger partial charge in [0, 0.05) is 13.6 Å². The Morgan fingerprint density at radius 1 is 1.33 bits per heavy atom. The summed E-state index contributed by atoms with van der Waals surface area (Å²) in [6, 6.07) is 8.15. The largest absolute Gasteiger partial charge is 0.497 e. The second kappa shape index (κ2) is 5.70. The minimum atomic E-state index is -0.332. The van der Waals surface area contributed by atoms with Crippen LogP contribution < -0.4 is 4.74 Å². The maximum atomic E-state index is 13.1. The molecule has 0 radical (unpaired) electrons. The van der Waals surface area contributed by atoms with Gasteiger partial charge in [0.1, 0.15) is 5.75 Å². The predicted molar refractivity (Wildman–Crippen MR) is 83.5 cm³/mol. The van der Waals surface area contributed by atoms with E-state index in [4.69, 9.17) is 4.74 Å². The van der Waals surface area contributed by atoms with Gasteiger partial charge in [-0.2, -0.15) is 0 Å². The summed E-state index contributed by atoms with van der Waals surface area (Å²) in [4.78, 5) is 15.1. The van der Waals surface area contributed by atoms with Crippen molar-refractivity contribution in [3.8, 4) is 5.75 Å². The van der Waals surface area contributed by atoms with E-state index in [0.717, 1.165) is 49.5 Å². The summed E-state index contributed by atoms with van der Waals surface area (Å²) in [6.45, 7) is 0.884. The standard InChI is InChI=1S/C18H25NO2/c1-19-11-4-3-10-18(17(19)20,13-14-8-9-14)15-6-5-7-16(12-15)21-2/h5-7,12,14H,3-4,8-11,13H2,1-2H3/t18-/m0/s1. The summed E-state index contributed by atoms with van der Waals surface area (Å²) in [5, 5.41) is 0. The first kappa shape index (κ1) is 14.4. The molecule has 1 aromatic rings. The van der Waals surface area contributed by atoms with Crippen molar-refractivity contribution in [3.63, 3.8) is 0 Å². The molecule has 0 N–H and O–H groups in total. The van der Waals surface area contributed by atoms with Gasteiger partial charge in [-0.25, -0.2) is 0 Å². The molecule has 0 aromatic heterocycles. The molecule has 2 aliphatic rings. The maximum Gasteiger partial charge on any atom is 0.232 e. The normalized spacial score (nSPS) is 26.6. The number of benzene rings is 1. The van der Waals surface area contributed by atoms with Crippen LogP contribution in [0, 0.1) is 5.92 Å². The van der Waals surface area contributed by atoms with Gasteiger partial charge < -0.3 is 9.64 Å². The molecule has 1 aromatic carbocycles. The van der Waals surface area contributed by atoms with Gasteiger partial charge in [0.05, 0.1) is 12.5 Å². The lowest BCUT2D eigenvalue weighted by Crippen LogP contribution is -2.44. The highest BCUT2D eigenvalue weighted by atomic mass is 16.5. The van der Waals surface area contributed by atoms with Crippen LogP contribution in [0.5, 0.6) is 5.75 Å². The number of carbonyl (C=O) groups is 1. The molecule has 114 valence electrons. The molecule has 1 heterocycles. The van der Waals surface area contributed by atoms with Crippen molar-refractivity contribution in [1.29, 1.82) is 0 Å². The molecule has 0 bridgehead atoms. The van der Waals surface area contributed by atoms with Gasteiger partial charge in [-0.15, -0.1) is 0 Å². The van der Waals surface area contributed by atoms with Crippen molar-refractivity contribution < 1.29 is 9.53 Å². The number of amides is 1. The molecule has 1 saturated carbocycles. The Morgan fingerprint density at radius 3 is 2.86 bits per heavy atom. The summed E-state index contributed by atoms with van der Waals surface area (Å²) in [5.41, 5.74) is 0.813. The number of likely N-dealkylation sites (tertiary alicyclic amines) is 1. The van der Waals surface area contributed by atoms with E-state index in [9.17, 15) is 4.79 Å². The van der Waals surface area contributed by atoms with Crippen LogP contribution in [0.15, 0.2) is 24.3 Å². The van der Waals surface area contributed by atoms with Crippen LogP contribution >= 0.6 is 0 Å². The molecular weight excluding hydrogens is 262 g/mol. The molecule has 0 unspecified atom stereocenters. The number of methoxy groups -OCH3 is 1. The Balaban J connectivity index is 2.03. The van der Waals surface area contributed by atoms with Gasteiger partial charge in [0.2, 0.25) is 5.91 Å². The second-order valence-electron chi connectivity index (χ2n) is 6.65. The predicted octanol–water partition coefficient (Wildman–Crippen LogP) is 3.38. The molecule has 1 atom stereocenters. The number of nitrogens with zero attached hydrogens (tertiary/aromatic N) is 1. The molecule has 1 amide bonds. The molecule has 0 spiro atoms. The van der Waals surface area contributed by atoms with Gasteiger partial charge in [0.15, 0.2) is 0 Å². The highest BCUT2D eigenvalue weighted by Crippen LogP contribution is 2.47.